The fourth-order valence-electron chi connectivity index (χ4n) is 2.33. The van der Waals surface area contributed by atoms with E-state index >= 15 is 0 Å². The quantitative estimate of drug-likeness (QED) is 0.922. The van der Waals surface area contributed by atoms with Gasteiger partial charge in [-0.1, -0.05) is 6.92 Å². The highest BCUT2D eigenvalue weighted by molar-refractivity contribution is 9.10. The van der Waals surface area contributed by atoms with Gasteiger partial charge in [-0.3, -0.25) is 4.90 Å². The Kier molecular flexibility index (Phi) is 4.38. The minimum absolute atomic E-state index is 0.236. The van der Waals surface area contributed by atoms with Crippen molar-refractivity contribution in [2.45, 2.75) is 19.9 Å². The number of piperazine rings is 1. The van der Waals surface area contributed by atoms with Crippen LogP contribution in [0.1, 0.15) is 24.5 Å². The number of hydrogen-bond acceptors (Lipinski definition) is 4. The Hall–Kier alpha value is -0.900. The minimum atomic E-state index is -0.236. The van der Waals surface area contributed by atoms with Gasteiger partial charge >= 0.3 is 0 Å². The molecule has 1 N–H and O–H groups in total. The van der Waals surface area contributed by atoms with E-state index in [9.17, 15) is 5.26 Å². The van der Waals surface area contributed by atoms with Crippen LogP contribution in [0.2, 0.25) is 0 Å². The molecule has 0 bridgehead atoms. The van der Waals surface area contributed by atoms with E-state index in [4.69, 9.17) is 0 Å². The van der Waals surface area contributed by atoms with Crippen molar-refractivity contribution in [1.82, 2.24) is 19.8 Å². The molecule has 0 saturated carbocycles. The molecule has 1 saturated heterocycles. The van der Waals surface area contributed by atoms with Gasteiger partial charge in [0.25, 0.3) is 0 Å². The summed E-state index contributed by atoms with van der Waals surface area (Å²) in [6.45, 7) is 9.06. The lowest BCUT2D eigenvalue weighted by molar-refractivity contribution is 0.117. The van der Waals surface area contributed by atoms with Crippen molar-refractivity contribution in [3.63, 3.8) is 0 Å². The number of likely N-dealkylation sites (N-methyl/N-ethyl adjacent to an activating group) is 1. The van der Waals surface area contributed by atoms with Crippen molar-refractivity contribution >= 4 is 15.9 Å². The molecule has 1 fully saturated rings. The Bertz CT molecular complexity index is 442. The van der Waals surface area contributed by atoms with Gasteiger partial charge in [0.05, 0.1) is 11.8 Å². The first-order chi connectivity index (χ1) is 8.65. The molecule has 1 aliphatic heterocycles. The van der Waals surface area contributed by atoms with Gasteiger partial charge in [0.1, 0.15) is 16.5 Å². The number of H-pyrrole nitrogens is 1. The highest BCUT2D eigenvalue weighted by Gasteiger charge is 2.27. The maximum atomic E-state index is 9.41. The number of nitriles is 1. The lowest BCUT2D eigenvalue weighted by Crippen LogP contribution is -2.47. The zero-order chi connectivity index (χ0) is 13.1. The molecular weight excluding hydrogens is 294 g/mol. The minimum Gasteiger partial charge on any atom is -0.343 e. The largest absolute Gasteiger partial charge is 0.343 e. The molecule has 98 valence electrons. The lowest BCUT2D eigenvalue weighted by atomic mass is 10.2. The van der Waals surface area contributed by atoms with Gasteiger partial charge < -0.3 is 9.88 Å². The molecule has 6 heteroatoms. The molecule has 18 heavy (non-hydrogen) atoms. The number of nitrogens with one attached hydrogen (secondary N) is 1. The second kappa shape index (κ2) is 5.83. The fraction of sp³-hybridized carbons (Fsp3) is 0.667. The molecule has 0 radical (unpaired) electrons. The van der Waals surface area contributed by atoms with Crippen LogP contribution in [-0.4, -0.2) is 52.5 Å². The highest BCUT2D eigenvalue weighted by atomic mass is 79.9. The van der Waals surface area contributed by atoms with Crippen LogP contribution in [-0.2, 0) is 0 Å². The Balaban J connectivity index is 2.11. The Morgan fingerprint density at radius 2 is 2.11 bits per heavy atom. The average molecular weight is 312 g/mol. The molecule has 1 aromatic rings. The van der Waals surface area contributed by atoms with Crippen LogP contribution in [0.3, 0.4) is 0 Å². The molecule has 1 aliphatic rings. The molecule has 1 unspecified atom stereocenters. The standard InChI is InChI=1S/C12H18BrN5/c1-3-17-4-6-18(7-5-17)10(8-14)11-12(13)16-9(2)15-11/h10H,3-7H2,1-2H3,(H,15,16). The summed E-state index contributed by atoms with van der Waals surface area (Å²) < 4.78 is 0.754. The number of halogens is 1. The zero-order valence-corrected chi connectivity index (χ0v) is 12.4. The van der Waals surface area contributed by atoms with Gasteiger partial charge in [0.15, 0.2) is 0 Å². The normalized spacial score (nSPS) is 19.7. The zero-order valence-electron chi connectivity index (χ0n) is 10.8. The van der Waals surface area contributed by atoms with E-state index in [1.165, 1.54) is 0 Å². The van der Waals surface area contributed by atoms with Crippen LogP contribution in [0.25, 0.3) is 0 Å². The third-order valence-electron chi connectivity index (χ3n) is 3.42. The van der Waals surface area contributed by atoms with Crippen LogP contribution in [0.4, 0.5) is 0 Å². The van der Waals surface area contributed by atoms with E-state index in [2.05, 4.69) is 48.7 Å². The van der Waals surface area contributed by atoms with E-state index in [1.54, 1.807) is 0 Å². The number of hydrogen-bond donors (Lipinski definition) is 1. The van der Waals surface area contributed by atoms with Crippen molar-refractivity contribution in [2.24, 2.45) is 0 Å². The maximum absolute atomic E-state index is 9.41. The summed E-state index contributed by atoms with van der Waals surface area (Å²) in [5, 5.41) is 9.41. The summed E-state index contributed by atoms with van der Waals surface area (Å²) in [5.74, 6) is 0.837. The Labute approximate surface area is 116 Å². The molecule has 5 nitrogen and oxygen atoms in total. The summed E-state index contributed by atoms with van der Waals surface area (Å²) >= 11 is 3.42. The number of aromatic nitrogens is 2. The Morgan fingerprint density at radius 1 is 1.44 bits per heavy atom. The molecule has 0 aromatic carbocycles. The summed E-state index contributed by atoms with van der Waals surface area (Å²) in [7, 11) is 0. The van der Waals surface area contributed by atoms with E-state index in [1.807, 2.05) is 6.92 Å². The molecule has 2 rings (SSSR count). The van der Waals surface area contributed by atoms with E-state index in [0.717, 1.165) is 48.8 Å². The summed E-state index contributed by atoms with van der Waals surface area (Å²) in [4.78, 5) is 12.1. The second-order valence-electron chi connectivity index (χ2n) is 4.53. The van der Waals surface area contributed by atoms with Gasteiger partial charge in [-0.15, -0.1) is 0 Å². The number of rotatable bonds is 3. The van der Waals surface area contributed by atoms with E-state index in [0.29, 0.717) is 0 Å². The third kappa shape index (κ3) is 2.74. The van der Waals surface area contributed by atoms with Gasteiger partial charge in [0, 0.05) is 26.2 Å². The molecular formula is C12H18BrN5. The lowest BCUT2D eigenvalue weighted by Gasteiger charge is -2.36. The van der Waals surface area contributed by atoms with E-state index < -0.39 is 0 Å². The summed E-state index contributed by atoms with van der Waals surface area (Å²) in [6, 6.07) is 2.14. The molecule has 1 aromatic heterocycles. The molecule has 1 atom stereocenters. The van der Waals surface area contributed by atoms with Crippen LogP contribution in [0, 0.1) is 18.3 Å². The number of nitrogens with zero attached hydrogens (tertiary/aromatic N) is 4. The highest BCUT2D eigenvalue weighted by Crippen LogP contribution is 2.26. The van der Waals surface area contributed by atoms with Crippen molar-refractivity contribution in [3.8, 4) is 6.07 Å². The molecule has 0 aliphatic carbocycles. The van der Waals surface area contributed by atoms with Crippen molar-refractivity contribution in [2.75, 3.05) is 32.7 Å². The van der Waals surface area contributed by atoms with Crippen LogP contribution >= 0.6 is 15.9 Å². The predicted molar refractivity (Wildman–Crippen MR) is 73.1 cm³/mol. The average Bonchev–Trinajstić information content (AvgIpc) is 2.70. The number of aryl methyl sites for hydroxylation is 1. The van der Waals surface area contributed by atoms with Crippen LogP contribution < -0.4 is 0 Å². The fourth-order valence-corrected chi connectivity index (χ4v) is 2.91. The number of aromatic amines is 1. The van der Waals surface area contributed by atoms with Crippen molar-refractivity contribution in [1.29, 1.82) is 5.26 Å². The van der Waals surface area contributed by atoms with Crippen molar-refractivity contribution in [3.05, 3.63) is 16.1 Å². The maximum Gasteiger partial charge on any atom is 0.141 e. The van der Waals surface area contributed by atoms with E-state index in [-0.39, 0.29) is 6.04 Å². The first-order valence-corrected chi connectivity index (χ1v) is 7.03. The van der Waals surface area contributed by atoms with Gasteiger partial charge in [-0.25, -0.2) is 4.98 Å². The first-order valence-electron chi connectivity index (χ1n) is 6.23. The summed E-state index contributed by atoms with van der Waals surface area (Å²) in [6.07, 6.45) is 0. The van der Waals surface area contributed by atoms with Crippen molar-refractivity contribution < 1.29 is 0 Å². The Morgan fingerprint density at radius 3 is 2.56 bits per heavy atom. The monoisotopic (exact) mass is 311 g/mol. The smallest absolute Gasteiger partial charge is 0.141 e. The van der Waals surface area contributed by atoms with Gasteiger partial charge in [0.2, 0.25) is 0 Å². The number of imidazole rings is 1. The molecule has 0 spiro atoms. The predicted octanol–water partition coefficient (Wildman–Crippen LogP) is 1.68. The topological polar surface area (TPSA) is 59.0 Å². The molecule has 0 amide bonds. The van der Waals surface area contributed by atoms with Crippen LogP contribution in [0.5, 0.6) is 0 Å². The summed E-state index contributed by atoms with van der Waals surface area (Å²) in [5.41, 5.74) is 0.875. The second-order valence-corrected chi connectivity index (χ2v) is 5.28. The molecule has 2 heterocycles. The van der Waals surface area contributed by atoms with Crippen LogP contribution in [0.15, 0.2) is 4.60 Å². The van der Waals surface area contributed by atoms with Gasteiger partial charge in [-0.05, 0) is 29.4 Å². The first kappa shape index (κ1) is 13.5. The third-order valence-corrected chi connectivity index (χ3v) is 4.02. The SMILES string of the molecule is CCN1CCN(C(C#N)c2[nH]c(C)nc2Br)CC1. The van der Waals surface area contributed by atoms with Gasteiger partial charge in [-0.2, -0.15) is 5.26 Å².